The van der Waals surface area contributed by atoms with E-state index in [9.17, 15) is 4.79 Å². The van der Waals surface area contributed by atoms with Crippen molar-refractivity contribution in [2.24, 2.45) is 0 Å². The third-order valence-corrected chi connectivity index (χ3v) is 3.59. The number of carbonyl (C=O) groups is 1. The number of anilines is 1. The van der Waals surface area contributed by atoms with Gasteiger partial charge in [-0.15, -0.1) is 0 Å². The molecule has 0 spiro atoms. The number of hydrogen-bond donors (Lipinski definition) is 1. The molecule has 2 aromatic carbocycles. The van der Waals surface area contributed by atoms with Crippen LogP contribution in [-0.2, 0) is 0 Å². The molecule has 0 aliphatic heterocycles. The quantitative estimate of drug-likeness (QED) is 0.683. The Morgan fingerprint density at radius 1 is 1.05 bits per heavy atom. The molecule has 0 saturated heterocycles. The Balaban J connectivity index is 2.22. The van der Waals surface area contributed by atoms with Gasteiger partial charge in [0, 0.05) is 22.3 Å². The zero-order valence-electron chi connectivity index (χ0n) is 11.6. The maximum absolute atomic E-state index is 12.8. The van der Waals surface area contributed by atoms with Crippen LogP contribution in [0.25, 0.3) is 10.9 Å². The lowest BCUT2D eigenvalue weighted by Crippen LogP contribution is -2.14. The van der Waals surface area contributed by atoms with Gasteiger partial charge in [0.05, 0.1) is 5.52 Å². The molecular weight excluding hydrogens is 248 g/mol. The first-order chi connectivity index (χ1) is 9.58. The van der Waals surface area contributed by atoms with E-state index in [-0.39, 0.29) is 5.91 Å². The molecule has 3 heteroatoms. The van der Waals surface area contributed by atoms with Crippen molar-refractivity contribution in [1.82, 2.24) is 4.57 Å². The lowest BCUT2D eigenvalue weighted by molar-refractivity contribution is 0.0962. The summed E-state index contributed by atoms with van der Waals surface area (Å²) in [5, 5.41) is 0.990. The van der Waals surface area contributed by atoms with Gasteiger partial charge in [-0.3, -0.25) is 9.36 Å². The van der Waals surface area contributed by atoms with Crippen molar-refractivity contribution in [3.63, 3.8) is 0 Å². The van der Waals surface area contributed by atoms with E-state index in [0.717, 1.165) is 27.7 Å². The van der Waals surface area contributed by atoms with Crippen LogP contribution < -0.4 is 5.73 Å². The van der Waals surface area contributed by atoms with Crippen LogP contribution >= 0.6 is 0 Å². The summed E-state index contributed by atoms with van der Waals surface area (Å²) in [5.74, 6) is 0.000344. The van der Waals surface area contributed by atoms with Crippen molar-refractivity contribution in [3.05, 3.63) is 65.4 Å². The van der Waals surface area contributed by atoms with Crippen LogP contribution in [0.4, 0.5) is 5.69 Å². The van der Waals surface area contributed by atoms with Crippen molar-refractivity contribution in [3.8, 4) is 0 Å². The number of aryl methyl sites for hydroxylation is 2. The monoisotopic (exact) mass is 264 g/mol. The first kappa shape index (κ1) is 12.5. The summed E-state index contributed by atoms with van der Waals surface area (Å²) in [7, 11) is 0. The number of rotatable bonds is 1. The summed E-state index contributed by atoms with van der Waals surface area (Å²) in [6.45, 7) is 3.89. The third kappa shape index (κ3) is 1.88. The van der Waals surface area contributed by atoms with Gasteiger partial charge in [-0.05, 0) is 49.7 Å². The molecule has 0 saturated carbocycles. The minimum Gasteiger partial charge on any atom is -0.399 e. The van der Waals surface area contributed by atoms with E-state index in [1.54, 1.807) is 4.57 Å². The molecule has 0 aliphatic rings. The Morgan fingerprint density at radius 2 is 1.80 bits per heavy atom. The molecule has 1 heterocycles. The van der Waals surface area contributed by atoms with Crippen LogP contribution in [0.2, 0.25) is 0 Å². The molecule has 0 bridgehead atoms. The number of fused-ring (bicyclic) bond motifs is 1. The molecular formula is C17H16N2O. The maximum Gasteiger partial charge on any atom is 0.262 e. The van der Waals surface area contributed by atoms with E-state index in [0.29, 0.717) is 5.69 Å². The minimum atomic E-state index is 0.000344. The van der Waals surface area contributed by atoms with Crippen molar-refractivity contribution < 1.29 is 4.79 Å². The molecule has 20 heavy (non-hydrogen) atoms. The van der Waals surface area contributed by atoms with Crippen LogP contribution in [0.5, 0.6) is 0 Å². The van der Waals surface area contributed by atoms with Gasteiger partial charge in [0.25, 0.3) is 5.91 Å². The molecule has 0 aliphatic carbocycles. The molecule has 0 amide bonds. The fourth-order valence-electron chi connectivity index (χ4n) is 2.57. The van der Waals surface area contributed by atoms with Crippen LogP contribution in [0.1, 0.15) is 21.6 Å². The highest BCUT2D eigenvalue weighted by atomic mass is 16.2. The van der Waals surface area contributed by atoms with Gasteiger partial charge in [0.2, 0.25) is 0 Å². The van der Waals surface area contributed by atoms with Gasteiger partial charge in [-0.2, -0.15) is 0 Å². The maximum atomic E-state index is 12.8. The van der Waals surface area contributed by atoms with Crippen LogP contribution in [0.15, 0.2) is 48.5 Å². The first-order valence-corrected chi connectivity index (χ1v) is 6.56. The highest BCUT2D eigenvalue weighted by molar-refractivity contribution is 6.04. The fourth-order valence-corrected chi connectivity index (χ4v) is 2.57. The Kier molecular flexibility index (Phi) is 2.83. The summed E-state index contributed by atoms with van der Waals surface area (Å²) >= 11 is 0. The molecule has 0 radical (unpaired) electrons. The summed E-state index contributed by atoms with van der Waals surface area (Å²) < 4.78 is 1.75. The number of nitrogen functional groups attached to an aromatic ring is 1. The number of nitrogens with zero attached hydrogens (tertiary/aromatic N) is 1. The molecule has 3 nitrogen and oxygen atoms in total. The van der Waals surface area contributed by atoms with E-state index in [1.165, 1.54) is 0 Å². The van der Waals surface area contributed by atoms with Crippen molar-refractivity contribution in [2.45, 2.75) is 13.8 Å². The predicted molar refractivity (Wildman–Crippen MR) is 82.0 cm³/mol. The number of aromatic nitrogens is 1. The van der Waals surface area contributed by atoms with Crippen molar-refractivity contribution in [2.75, 3.05) is 5.73 Å². The Hall–Kier alpha value is -2.55. The van der Waals surface area contributed by atoms with Gasteiger partial charge in [0.1, 0.15) is 0 Å². The third-order valence-electron chi connectivity index (χ3n) is 3.59. The highest BCUT2D eigenvalue weighted by Crippen LogP contribution is 2.23. The molecule has 3 rings (SSSR count). The van der Waals surface area contributed by atoms with E-state index in [4.69, 9.17) is 5.73 Å². The fraction of sp³-hybridized carbons (Fsp3) is 0.118. The molecule has 0 atom stereocenters. The van der Waals surface area contributed by atoms with Crippen LogP contribution in [0, 0.1) is 13.8 Å². The van der Waals surface area contributed by atoms with Crippen molar-refractivity contribution in [1.29, 1.82) is 0 Å². The van der Waals surface area contributed by atoms with Gasteiger partial charge < -0.3 is 5.73 Å². The summed E-state index contributed by atoms with van der Waals surface area (Å²) in [5.41, 5.74) is 10.0. The minimum absolute atomic E-state index is 0.000344. The van der Waals surface area contributed by atoms with Crippen LogP contribution in [-0.4, -0.2) is 10.5 Å². The zero-order chi connectivity index (χ0) is 14.3. The lowest BCUT2D eigenvalue weighted by atomic mass is 10.1. The standard InChI is InChI=1S/C17H16N2O/c1-11-5-3-4-6-15(11)17(20)19-12(2)9-13-10-14(18)7-8-16(13)19/h3-10H,18H2,1-2H3. The Labute approximate surface area is 117 Å². The van der Waals surface area contributed by atoms with E-state index < -0.39 is 0 Å². The predicted octanol–water partition coefficient (Wildman–Crippen LogP) is 3.53. The molecule has 2 N–H and O–H groups in total. The Bertz CT molecular complexity index is 815. The molecule has 0 fully saturated rings. The first-order valence-electron chi connectivity index (χ1n) is 6.56. The Morgan fingerprint density at radius 3 is 2.55 bits per heavy atom. The van der Waals surface area contributed by atoms with Gasteiger partial charge >= 0.3 is 0 Å². The number of hydrogen-bond acceptors (Lipinski definition) is 2. The van der Waals surface area contributed by atoms with E-state index >= 15 is 0 Å². The molecule has 1 aromatic heterocycles. The number of nitrogens with two attached hydrogens (primary N) is 1. The smallest absolute Gasteiger partial charge is 0.262 e. The lowest BCUT2D eigenvalue weighted by Gasteiger charge is -2.09. The number of benzene rings is 2. The van der Waals surface area contributed by atoms with Crippen molar-refractivity contribution >= 4 is 22.5 Å². The van der Waals surface area contributed by atoms with Crippen LogP contribution in [0.3, 0.4) is 0 Å². The van der Waals surface area contributed by atoms with Gasteiger partial charge in [-0.1, -0.05) is 18.2 Å². The SMILES string of the molecule is Cc1ccccc1C(=O)n1c(C)cc2cc(N)ccc21. The molecule has 3 aromatic rings. The summed E-state index contributed by atoms with van der Waals surface area (Å²) in [4.78, 5) is 12.8. The molecule has 0 unspecified atom stereocenters. The topological polar surface area (TPSA) is 48.0 Å². The summed E-state index contributed by atoms with van der Waals surface area (Å²) in [6.07, 6.45) is 0. The second kappa shape index (κ2) is 4.53. The second-order valence-corrected chi connectivity index (χ2v) is 5.06. The second-order valence-electron chi connectivity index (χ2n) is 5.06. The summed E-state index contributed by atoms with van der Waals surface area (Å²) in [6, 6.07) is 15.2. The zero-order valence-corrected chi connectivity index (χ0v) is 11.6. The number of carbonyl (C=O) groups excluding carboxylic acids is 1. The molecule has 100 valence electrons. The van der Waals surface area contributed by atoms with Gasteiger partial charge in [0.15, 0.2) is 0 Å². The normalized spacial score (nSPS) is 10.9. The van der Waals surface area contributed by atoms with E-state index in [1.807, 2.05) is 62.4 Å². The highest BCUT2D eigenvalue weighted by Gasteiger charge is 2.16. The average molecular weight is 264 g/mol. The average Bonchev–Trinajstić information content (AvgIpc) is 2.73. The largest absolute Gasteiger partial charge is 0.399 e. The van der Waals surface area contributed by atoms with E-state index in [2.05, 4.69) is 0 Å². The van der Waals surface area contributed by atoms with Gasteiger partial charge in [-0.25, -0.2) is 0 Å².